The van der Waals surface area contributed by atoms with Crippen LogP contribution in [-0.4, -0.2) is 33.6 Å². The van der Waals surface area contributed by atoms with Gasteiger partial charge in [-0.05, 0) is 30.2 Å². The second-order valence-corrected chi connectivity index (χ2v) is 5.73. The Kier molecular flexibility index (Phi) is 5.96. The summed E-state index contributed by atoms with van der Waals surface area (Å²) < 4.78 is 1.41. The molecule has 1 amide bonds. The molecule has 6 heteroatoms. The molecule has 0 unspecified atom stereocenters. The zero-order chi connectivity index (χ0) is 16.8. The number of benzene rings is 1. The number of amides is 1. The first-order valence-corrected chi connectivity index (χ1v) is 7.70. The van der Waals surface area contributed by atoms with Crippen LogP contribution in [0, 0.1) is 0 Å². The molecule has 1 aromatic heterocycles. The number of carbonyl (C=O) groups is 1. The summed E-state index contributed by atoms with van der Waals surface area (Å²) in [6, 6.07) is 10.2. The van der Waals surface area contributed by atoms with Crippen LogP contribution in [0.1, 0.15) is 22.3 Å². The predicted molar refractivity (Wildman–Crippen MR) is 89.6 cm³/mol. The number of aliphatic hydroxyl groups is 1. The fourth-order valence-electron chi connectivity index (χ4n) is 2.23. The van der Waals surface area contributed by atoms with Crippen molar-refractivity contribution in [1.82, 2.24) is 9.47 Å². The molecule has 1 N–H and O–H groups in total. The Morgan fingerprint density at radius 3 is 2.74 bits per heavy atom. The number of rotatable bonds is 6. The molecule has 0 atom stereocenters. The van der Waals surface area contributed by atoms with E-state index in [1.54, 1.807) is 36.3 Å². The average molecular weight is 335 g/mol. The summed E-state index contributed by atoms with van der Waals surface area (Å²) in [6.45, 7) is 0.765. The number of nitrogens with zero attached hydrogens (tertiary/aromatic N) is 2. The van der Waals surface area contributed by atoms with Gasteiger partial charge in [0.2, 0.25) is 0 Å². The zero-order valence-corrected chi connectivity index (χ0v) is 13.7. The third-order valence-corrected chi connectivity index (χ3v) is 3.72. The summed E-state index contributed by atoms with van der Waals surface area (Å²) in [7, 11) is 1.63. The fraction of sp³-hybridized carbons (Fsp3) is 0.294. The highest BCUT2D eigenvalue weighted by atomic mass is 35.5. The molecular weight excluding hydrogens is 316 g/mol. The molecule has 0 bridgehead atoms. The minimum Gasteiger partial charge on any atom is -0.396 e. The summed E-state index contributed by atoms with van der Waals surface area (Å²) in [4.78, 5) is 26.0. The van der Waals surface area contributed by atoms with E-state index in [4.69, 9.17) is 16.7 Å². The molecule has 0 saturated heterocycles. The smallest absolute Gasteiger partial charge is 0.254 e. The topological polar surface area (TPSA) is 62.5 Å². The van der Waals surface area contributed by atoms with Crippen LogP contribution in [0.5, 0.6) is 0 Å². The standard InChI is InChI=1S/C17H19ClN2O3/c1-19-8-6-14(11-16(19)22)17(23)20(7-3-9-21)12-13-4-2-5-15(18)10-13/h2,4-6,8,10-11,21H,3,7,9,12H2,1H3. The number of hydrogen-bond donors (Lipinski definition) is 1. The number of aryl methyl sites for hydroxylation is 1. The second kappa shape index (κ2) is 7.94. The van der Waals surface area contributed by atoms with Crippen molar-refractivity contribution in [3.8, 4) is 0 Å². The molecule has 0 radical (unpaired) electrons. The van der Waals surface area contributed by atoms with Crippen LogP contribution >= 0.6 is 11.6 Å². The van der Waals surface area contributed by atoms with Gasteiger partial charge in [-0.3, -0.25) is 9.59 Å². The molecule has 0 saturated carbocycles. The molecule has 122 valence electrons. The Morgan fingerprint density at radius 1 is 1.30 bits per heavy atom. The molecule has 2 rings (SSSR count). The number of hydrogen-bond acceptors (Lipinski definition) is 3. The predicted octanol–water partition coefficient (Wildman–Crippen LogP) is 2.06. The normalized spacial score (nSPS) is 10.6. The Balaban J connectivity index is 2.24. The quantitative estimate of drug-likeness (QED) is 0.879. The van der Waals surface area contributed by atoms with Crippen LogP contribution in [0.25, 0.3) is 0 Å². The Hall–Kier alpha value is -2.11. The van der Waals surface area contributed by atoms with Crippen molar-refractivity contribution < 1.29 is 9.90 Å². The van der Waals surface area contributed by atoms with Crippen molar-refractivity contribution in [3.05, 3.63) is 69.1 Å². The van der Waals surface area contributed by atoms with E-state index in [0.29, 0.717) is 30.1 Å². The van der Waals surface area contributed by atoms with Gasteiger partial charge in [-0.25, -0.2) is 0 Å². The SMILES string of the molecule is Cn1ccc(C(=O)N(CCCO)Cc2cccc(Cl)c2)cc1=O. The van der Waals surface area contributed by atoms with E-state index in [2.05, 4.69) is 0 Å². The molecule has 0 fully saturated rings. The Bertz CT molecular complexity index is 743. The van der Waals surface area contributed by atoms with Crippen molar-refractivity contribution in [2.24, 2.45) is 7.05 Å². The van der Waals surface area contributed by atoms with Gasteiger partial charge in [0.1, 0.15) is 0 Å². The van der Waals surface area contributed by atoms with Crippen LogP contribution in [0.2, 0.25) is 5.02 Å². The van der Waals surface area contributed by atoms with Crippen molar-refractivity contribution in [1.29, 1.82) is 0 Å². The van der Waals surface area contributed by atoms with Crippen LogP contribution < -0.4 is 5.56 Å². The van der Waals surface area contributed by atoms with Gasteiger partial charge in [-0.2, -0.15) is 0 Å². The highest BCUT2D eigenvalue weighted by Gasteiger charge is 2.16. The van der Waals surface area contributed by atoms with E-state index in [1.165, 1.54) is 10.6 Å². The van der Waals surface area contributed by atoms with Crippen molar-refractivity contribution in [2.75, 3.05) is 13.2 Å². The maximum absolute atomic E-state index is 12.7. The minimum absolute atomic E-state index is 0.00409. The van der Waals surface area contributed by atoms with E-state index in [-0.39, 0.29) is 18.1 Å². The van der Waals surface area contributed by atoms with E-state index in [1.807, 2.05) is 12.1 Å². The largest absolute Gasteiger partial charge is 0.396 e. The van der Waals surface area contributed by atoms with E-state index in [0.717, 1.165) is 5.56 Å². The van der Waals surface area contributed by atoms with Crippen LogP contribution in [-0.2, 0) is 13.6 Å². The zero-order valence-electron chi connectivity index (χ0n) is 12.9. The summed E-state index contributed by atoms with van der Waals surface area (Å²) in [5.41, 5.74) is 1.00. The molecule has 0 aliphatic rings. The van der Waals surface area contributed by atoms with Crippen molar-refractivity contribution in [2.45, 2.75) is 13.0 Å². The number of aliphatic hydroxyl groups excluding tert-OH is 1. The first kappa shape index (κ1) is 17.2. The third-order valence-electron chi connectivity index (χ3n) is 3.49. The maximum Gasteiger partial charge on any atom is 0.254 e. The van der Waals surface area contributed by atoms with Crippen LogP contribution in [0.15, 0.2) is 47.4 Å². The molecular formula is C17H19ClN2O3. The Morgan fingerprint density at radius 2 is 2.09 bits per heavy atom. The summed E-state index contributed by atoms with van der Waals surface area (Å²) in [5.74, 6) is -0.240. The van der Waals surface area contributed by atoms with Gasteiger partial charge in [0.15, 0.2) is 0 Å². The Labute approximate surface area is 139 Å². The molecule has 0 aliphatic heterocycles. The fourth-order valence-corrected chi connectivity index (χ4v) is 2.45. The van der Waals surface area contributed by atoms with Gasteiger partial charge in [0, 0.05) is 49.6 Å². The van der Waals surface area contributed by atoms with Gasteiger partial charge in [0.25, 0.3) is 11.5 Å². The summed E-state index contributed by atoms with van der Waals surface area (Å²) >= 11 is 5.98. The second-order valence-electron chi connectivity index (χ2n) is 5.30. The molecule has 2 aromatic rings. The van der Waals surface area contributed by atoms with Gasteiger partial charge >= 0.3 is 0 Å². The lowest BCUT2D eigenvalue weighted by molar-refractivity contribution is 0.0731. The first-order valence-electron chi connectivity index (χ1n) is 7.32. The van der Waals surface area contributed by atoms with Crippen LogP contribution in [0.3, 0.4) is 0 Å². The molecule has 0 aliphatic carbocycles. The van der Waals surface area contributed by atoms with Crippen LogP contribution in [0.4, 0.5) is 0 Å². The number of carbonyl (C=O) groups excluding carboxylic acids is 1. The third kappa shape index (κ3) is 4.68. The average Bonchev–Trinajstić information content (AvgIpc) is 2.53. The summed E-state index contributed by atoms with van der Waals surface area (Å²) in [5, 5.41) is 9.65. The number of aromatic nitrogens is 1. The van der Waals surface area contributed by atoms with Gasteiger partial charge in [0.05, 0.1) is 0 Å². The number of pyridine rings is 1. The minimum atomic E-state index is -0.240. The highest BCUT2D eigenvalue weighted by molar-refractivity contribution is 6.30. The number of halogens is 1. The molecule has 1 aromatic carbocycles. The molecule has 0 spiro atoms. The molecule has 5 nitrogen and oxygen atoms in total. The van der Waals surface area contributed by atoms with Gasteiger partial charge in [-0.15, -0.1) is 0 Å². The van der Waals surface area contributed by atoms with E-state index in [9.17, 15) is 9.59 Å². The maximum atomic E-state index is 12.7. The van der Waals surface area contributed by atoms with E-state index >= 15 is 0 Å². The lowest BCUT2D eigenvalue weighted by atomic mass is 10.1. The monoisotopic (exact) mass is 334 g/mol. The van der Waals surface area contributed by atoms with Crippen molar-refractivity contribution >= 4 is 17.5 Å². The van der Waals surface area contributed by atoms with Crippen molar-refractivity contribution in [3.63, 3.8) is 0 Å². The van der Waals surface area contributed by atoms with Gasteiger partial charge in [-0.1, -0.05) is 23.7 Å². The van der Waals surface area contributed by atoms with E-state index < -0.39 is 0 Å². The highest BCUT2D eigenvalue weighted by Crippen LogP contribution is 2.14. The lowest BCUT2D eigenvalue weighted by Crippen LogP contribution is -2.33. The lowest BCUT2D eigenvalue weighted by Gasteiger charge is -2.23. The van der Waals surface area contributed by atoms with Gasteiger partial charge < -0.3 is 14.6 Å². The first-order chi connectivity index (χ1) is 11.0. The summed E-state index contributed by atoms with van der Waals surface area (Å²) in [6.07, 6.45) is 2.04. The molecule has 1 heterocycles. The molecule has 23 heavy (non-hydrogen) atoms.